The third-order valence-corrected chi connectivity index (χ3v) is 8.07. The summed E-state index contributed by atoms with van der Waals surface area (Å²) >= 11 is 9.50. The Morgan fingerprint density at radius 1 is 1.00 bits per heavy atom. The second-order valence-electron chi connectivity index (χ2n) is 7.22. The summed E-state index contributed by atoms with van der Waals surface area (Å²) < 4.78 is 1.16. The van der Waals surface area contributed by atoms with E-state index in [4.69, 9.17) is 12.2 Å². The van der Waals surface area contributed by atoms with Gasteiger partial charge in [-0.1, -0.05) is 72.9 Å². The van der Waals surface area contributed by atoms with Gasteiger partial charge in [0.2, 0.25) is 0 Å². The van der Waals surface area contributed by atoms with E-state index in [2.05, 4.69) is 66.7 Å². The summed E-state index contributed by atoms with van der Waals surface area (Å²) in [5.41, 5.74) is 2.90. The zero-order chi connectivity index (χ0) is 18.5. The fourth-order valence-corrected chi connectivity index (χ4v) is 6.00. The topological polar surface area (TPSA) is 0 Å². The number of benzene rings is 3. The van der Waals surface area contributed by atoms with Gasteiger partial charge in [-0.3, -0.25) is 0 Å². The molecule has 0 saturated heterocycles. The van der Waals surface area contributed by atoms with Gasteiger partial charge in [0.25, 0.3) is 0 Å². The smallest absolute Gasteiger partial charge is 0.0481 e. The van der Waals surface area contributed by atoms with E-state index in [0.717, 1.165) is 22.3 Å². The van der Waals surface area contributed by atoms with Crippen LogP contribution in [0, 0.1) is 5.92 Å². The Kier molecular flexibility index (Phi) is 6.54. The van der Waals surface area contributed by atoms with Gasteiger partial charge in [0.1, 0.15) is 0 Å². The first-order chi connectivity index (χ1) is 13.3. The summed E-state index contributed by atoms with van der Waals surface area (Å²) in [4.78, 5) is 1.48. The minimum atomic E-state index is 0.804. The molecule has 1 atom stereocenters. The maximum absolute atomic E-state index is 5.64. The third-order valence-electron chi connectivity index (χ3n) is 5.16. The minimum Gasteiger partial charge on any atom is -0.126 e. The van der Waals surface area contributed by atoms with Gasteiger partial charge in [-0.15, -0.1) is 23.5 Å². The molecule has 0 aromatic heterocycles. The molecular weight excluding hydrogens is 384 g/mol. The van der Waals surface area contributed by atoms with Crippen molar-refractivity contribution >= 4 is 50.7 Å². The maximum Gasteiger partial charge on any atom is 0.0481 e. The van der Waals surface area contributed by atoms with Crippen LogP contribution in [0.15, 0.2) is 71.6 Å². The molecule has 0 amide bonds. The second kappa shape index (κ2) is 9.27. The highest BCUT2D eigenvalue weighted by molar-refractivity contribution is 8.22. The average Bonchev–Trinajstić information content (AvgIpc) is 2.72. The SMILES string of the molecule is S=C(CCCC1CSc2ccccc2C1)SCc1ccc2ccccc2c1. The van der Waals surface area contributed by atoms with Gasteiger partial charge < -0.3 is 0 Å². The van der Waals surface area contributed by atoms with Crippen LogP contribution in [0.2, 0.25) is 0 Å². The maximum atomic E-state index is 5.64. The Bertz CT molecular complexity index is 932. The summed E-state index contributed by atoms with van der Waals surface area (Å²) in [6.45, 7) is 0. The summed E-state index contributed by atoms with van der Waals surface area (Å²) in [6.07, 6.45) is 4.81. The van der Waals surface area contributed by atoms with E-state index in [9.17, 15) is 0 Å². The van der Waals surface area contributed by atoms with Crippen LogP contribution in [-0.4, -0.2) is 9.95 Å². The molecule has 3 aromatic carbocycles. The fourth-order valence-electron chi connectivity index (χ4n) is 3.68. The van der Waals surface area contributed by atoms with E-state index >= 15 is 0 Å². The van der Waals surface area contributed by atoms with Crippen LogP contribution in [0.1, 0.15) is 30.4 Å². The summed E-state index contributed by atoms with van der Waals surface area (Å²) in [7, 11) is 0. The molecule has 0 fully saturated rings. The normalized spacial score (nSPS) is 16.2. The molecule has 0 nitrogen and oxygen atoms in total. The van der Waals surface area contributed by atoms with Gasteiger partial charge in [-0.05, 0) is 59.6 Å². The Morgan fingerprint density at radius 3 is 2.74 bits per heavy atom. The lowest BCUT2D eigenvalue weighted by atomic mass is 9.95. The molecule has 1 unspecified atom stereocenters. The number of fused-ring (bicyclic) bond motifs is 2. The summed E-state index contributed by atoms with van der Waals surface area (Å²) in [5.74, 6) is 3.04. The van der Waals surface area contributed by atoms with E-state index in [-0.39, 0.29) is 0 Å². The first-order valence-electron chi connectivity index (χ1n) is 9.62. The Labute approximate surface area is 176 Å². The molecule has 0 bridgehead atoms. The number of hydrogen-bond donors (Lipinski definition) is 0. The van der Waals surface area contributed by atoms with Gasteiger partial charge in [0.15, 0.2) is 0 Å². The van der Waals surface area contributed by atoms with Crippen molar-refractivity contribution in [1.29, 1.82) is 0 Å². The van der Waals surface area contributed by atoms with Crippen LogP contribution in [0.25, 0.3) is 10.8 Å². The molecule has 1 aliphatic heterocycles. The van der Waals surface area contributed by atoms with E-state index < -0.39 is 0 Å². The van der Waals surface area contributed by atoms with Crippen LogP contribution in [0.5, 0.6) is 0 Å². The van der Waals surface area contributed by atoms with Gasteiger partial charge >= 0.3 is 0 Å². The third kappa shape index (κ3) is 5.16. The monoisotopic (exact) mass is 408 g/mol. The average molecular weight is 409 g/mol. The molecule has 0 saturated carbocycles. The lowest BCUT2D eigenvalue weighted by molar-refractivity contribution is 0.514. The van der Waals surface area contributed by atoms with E-state index in [1.807, 2.05) is 23.5 Å². The lowest BCUT2D eigenvalue weighted by Gasteiger charge is -2.23. The van der Waals surface area contributed by atoms with Crippen molar-refractivity contribution in [2.75, 3.05) is 5.75 Å². The molecule has 0 radical (unpaired) electrons. The quantitative estimate of drug-likeness (QED) is 0.387. The molecule has 138 valence electrons. The van der Waals surface area contributed by atoms with Crippen LogP contribution in [-0.2, 0) is 12.2 Å². The van der Waals surface area contributed by atoms with Crippen molar-refractivity contribution in [3.8, 4) is 0 Å². The Morgan fingerprint density at radius 2 is 1.81 bits per heavy atom. The van der Waals surface area contributed by atoms with Crippen molar-refractivity contribution in [3.63, 3.8) is 0 Å². The Hall–Kier alpha value is -1.29. The predicted octanol–water partition coefficient (Wildman–Crippen LogP) is 7.54. The number of rotatable bonds is 6. The molecule has 0 spiro atoms. The first kappa shape index (κ1) is 19.0. The molecule has 0 N–H and O–H groups in total. The summed E-state index contributed by atoms with van der Waals surface area (Å²) in [6, 6.07) is 24.1. The van der Waals surface area contributed by atoms with Crippen LogP contribution >= 0.6 is 35.7 Å². The highest BCUT2D eigenvalue weighted by atomic mass is 32.2. The Balaban J connectivity index is 1.21. The molecule has 1 heterocycles. The molecule has 1 aliphatic rings. The molecular formula is C24H24S3. The van der Waals surface area contributed by atoms with Crippen LogP contribution in [0.3, 0.4) is 0 Å². The minimum absolute atomic E-state index is 0.804. The van der Waals surface area contributed by atoms with Crippen molar-refractivity contribution in [3.05, 3.63) is 77.9 Å². The lowest BCUT2D eigenvalue weighted by Crippen LogP contribution is -2.13. The van der Waals surface area contributed by atoms with E-state index in [0.29, 0.717) is 0 Å². The van der Waals surface area contributed by atoms with Gasteiger partial charge in [-0.25, -0.2) is 0 Å². The molecule has 4 rings (SSSR count). The van der Waals surface area contributed by atoms with E-state index in [1.54, 1.807) is 0 Å². The van der Waals surface area contributed by atoms with Crippen molar-refractivity contribution in [2.45, 2.75) is 36.3 Å². The number of hydrogen-bond acceptors (Lipinski definition) is 3. The molecule has 27 heavy (non-hydrogen) atoms. The highest BCUT2D eigenvalue weighted by Gasteiger charge is 2.18. The van der Waals surface area contributed by atoms with Crippen molar-refractivity contribution in [1.82, 2.24) is 0 Å². The molecule has 0 aliphatic carbocycles. The van der Waals surface area contributed by atoms with Crippen LogP contribution < -0.4 is 0 Å². The van der Waals surface area contributed by atoms with Crippen molar-refractivity contribution < 1.29 is 0 Å². The number of thioether (sulfide) groups is 2. The van der Waals surface area contributed by atoms with Gasteiger partial charge in [-0.2, -0.15) is 0 Å². The van der Waals surface area contributed by atoms with Crippen LogP contribution in [0.4, 0.5) is 0 Å². The molecule has 3 aromatic rings. The fraction of sp³-hybridized carbons (Fsp3) is 0.292. The second-order valence-corrected chi connectivity index (χ2v) is 10.1. The zero-order valence-electron chi connectivity index (χ0n) is 15.4. The number of thiocarbonyl (C=S) groups is 1. The highest BCUT2D eigenvalue weighted by Crippen LogP contribution is 2.34. The first-order valence-corrected chi connectivity index (χ1v) is 12.0. The summed E-state index contributed by atoms with van der Waals surface area (Å²) in [5, 5.41) is 2.62. The van der Waals surface area contributed by atoms with Crippen molar-refractivity contribution in [2.24, 2.45) is 5.92 Å². The standard InChI is InChI=1S/C24H24S3/c25-24(27-17-19-12-13-20-7-1-2-8-21(20)14-19)11-5-6-18-15-22-9-3-4-10-23(22)26-16-18/h1-4,7-10,12-14,18H,5-6,11,15-17H2. The van der Waals surface area contributed by atoms with E-state index in [1.165, 1.54) is 51.8 Å². The zero-order valence-corrected chi connectivity index (χ0v) is 17.8. The molecule has 3 heteroatoms. The van der Waals surface area contributed by atoms with Gasteiger partial charge in [0, 0.05) is 20.6 Å². The van der Waals surface area contributed by atoms with Gasteiger partial charge in [0.05, 0.1) is 0 Å². The largest absolute Gasteiger partial charge is 0.126 e. The predicted molar refractivity (Wildman–Crippen MR) is 126 cm³/mol.